The molecule has 0 saturated carbocycles. The SMILES string of the molecule is O=C(NCC(O)c1cccc(F)c1)c1cnn(-c2ccc(F)cc2)n1. The fourth-order valence-electron chi connectivity index (χ4n) is 2.18. The van der Waals surface area contributed by atoms with Crippen LogP contribution in [0.2, 0.25) is 0 Å². The van der Waals surface area contributed by atoms with Gasteiger partial charge in [-0.25, -0.2) is 8.78 Å². The van der Waals surface area contributed by atoms with Gasteiger partial charge in [0.15, 0.2) is 5.69 Å². The topological polar surface area (TPSA) is 80.0 Å². The Kier molecular flexibility index (Phi) is 4.80. The number of hydrogen-bond donors (Lipinski definition) is 2. The molecule has 8 heteroatoms. The molecule has 1 amide bonds. The fraction of sp³-hybridized carbons (Fsp3) is 0.118. The Bertz CT molecular complexity index is 880. The van der Waals surface area contributed by atoms with Crippen molar-refractivity contribution in [3.8, 4) is 5.69 Å². The number of amides is 1. The highest BCUT2D eigenvalue weighted by molar-refractivity contribution is 5.91. The van der Waals surface area contributed by atoms with Crippen molar-refractivity contribution < 1.29 is 18.7 Å². The van der Waals surface area contributed by atoms with Crippen LogP contribution in [-0.4, -0.2) is 32.6 Å². The Labute approximate surface area is 141 Å². The maximum Gasteiger partial charge on any atom is 0.273 e. The molecule has 3 aromatic rings. The number of hydrogen-bond acceptors (Lipinski definition) is 4. The van der Waals surface area contributed by atoms with E-state index in [9.17, 15) is 18.7 Å². The van der Waals surface area contributed by atoms with Crippen LogP contribution < -0.4 is 5.32 Å². The number of aliphatic hydroxyl groups excluding tert-OH is 1. The lowest BCUT2D eigenvalue weighted by Gasteiger charge is -2.11. The molecule has 0 radical (unpaired) electrons. The lowest BCUT2D eigenvalue weighted by Crippen LogP contribution is -2.28. The van der Waals surface area contributed by atoms with Crippen molar-refractivity contribution >= 4 is 5.91 Å². The summed E-state index contributed by atoms with van der Waals surface area (Å²) in [5, 5.41) is 20.4. The molecule has 0 fully saturated rings. The third-order valence-corrected chi connectivity index (χ3v) is 3.47. The molecule has 25 heavy (non-hydrogen) atoms. The highest BCUT2D eigenvalue weighted by Crippen LogP contribution is 2.13. The summed E-state index contributed by atoms with van der Waals surface area (Å²) in [6.07, 6.45) is 0.208. The second-order valence-corrected chi connectivity index (χ2v) is 5.28. The van der Waals surface area contributed by atoms with E-state index in [4.69, 9.17) is 0 Å². The van der Waals surface area contributed by atoms with E-state index in [0.717, 1.165) is 0 Å². The Balaban J connectivity index is 1.63. The molecule has 2 N–H and O–H groups in total. The first-order valence-corrected chi connectivity index (χ1v) is 7.43. The first-order valence-electron chi connectivity index (χ1n) is 7.43. The third kappa shape index (κ3) is 4.04. The fourth-order valence-corrected chi connectivity index (χ4v) is 2.18. The predicted octanol–water partition coefficient (Wildman–Crippen LogP) is 2.01. The Morgan fingerprint density at radius 3 is 2.64 bits per heavy atom. The first-order chi connectivity index (χ1) is 12.0. The maximum atomic E-state index is 13.1. The molecule has 0 aliphatic heterocycles. The van der Waals surface area contributed by atoms with Gasteiger partial charge in [-0.3, -0.25) is 4.79 Å². The van der Waals surface area contributed by atoms with Crippen molar-refractivity contribution in [3.05, 3.63) is 77.6 Å². The number of rotatable bonds is 5. The highest BCUT2D eigenvalue weighted by atomic mass is 19.1. The zero-order chi connectivity index (χ0) is 17.8. The minimum Gasteiger partial charge on any atom is -0.387 e. The van der Waals surface area contributed by atoms with Crippen LogP contribution in [0.1, 0.15) is 22.2 Å². The molecule has 1 aromatic heterocycles. The van der Waals surface area contributed by atoms with Gasteiger partial charge in [-0.2, -0.15) is 9.90 Å². The number of carbonyl (C=O) groups is 1. The van der Waals surface area contributed by atoms with E-state index < -0.39 is 17.8 Å². The van der Waals surface area contributed by atoms with Gasteiger partial charge in [0.1, 0.15) is 11.6 Å². The molecule has 1 atom stereocenters. The standard InChI is InChI=1S/C17H14F2N4O2/c18-12-4-6-14(7-5-12)23-21-9-15(22-23)17(25)20-10-16(24)11-2-1-3-13(19)8-11/h1-9,16,24H,10H2,(H,20,25). The Morgan fingerprint density at radius 2 is 1.92 bits per heavy atom. The van der Waals surface area contributed by atoms with Gasteiger partial charge in [0.2, 0.25) is 0 Å². The minimum absolute atomic E-state index is 0.0377. The molecule has 0 spiro atoms. The lowest BCUT2D eigenvalue weighted by atomic mass is 10.1. The number of halogens is 2. The van der Waals surface area contributed by atoms with Crippen molar-refractivity contribution in [2.45, 2.75) is 6.10 Å². The van der Waals surface area contributed by atoms with Crippen LogP contribution in [0.5, 0.6) is 0 Å². The summed E-state index contributed by atoms with van der Waals surface area (Å²) in [6.45, 7) is -0.105. The summed E-state index contributed by atoms with van der Waals surface area (Å²) < 4.78 is 26.1. The number of carbonyl (C=O) groups excluding carboxylic acids is 1. The van der Waals surface area contributed by atoms with Gasteiger partial charge in [-0.05, 0) is 42.0 Å². The summed E-state index contributed by atoms with van der Waals surface area (Å²) in [5.74, 6) is -1.39. The average molecular weight is 344 g/mol. The Hall–Kier alpha value is -3.13. The summed E-state index contributed by atoms with van der Waals surface area (Å²) >= 11 is 0. The molecule has 2 aromatic carbocycles. The zero-order valence-corrected chi connectivity index (χ0v) is 12.9. The van der Waals surface area contributed by atoms with Gasteiger partial charge in [-0.15, -0.1) is 5.10 Å². The maximum absolute atomic E-state index is 13.1. The number of aromatic nitrogens is 3. The van der Waals surface area contributed by atoms with Crippen LogP contribution in [0, 0.1) is 11.6 Å². The van der Waals surface area contributed by atoms with Gasteiger partial charge < -0.3 is 10.4 Å². The number of aliphatic hydroxyl groups is 1. The monoisotopic (exact) mass is 344 g/mol. The van der Waals surface area contributed by atoms with Gasteiger partial charge in [0, 0.05) is 6.54 Å². The van der Waals surface area contributed by atoms with E-state index in [2.05, 4.69) is 15.5 Å². The van der Waals surface area contributed by atoms with Crippen LogP contribution in [0.15, 0.2) is 54.7 Å². The molecule has 1 heterocycles. The van der Waals surface area contributed by atoms with Crippen molar-refractivity contribution in [2.75, 3.05) is 6.54 Å². The molecular weight excluding hydrogens is 330 g/mol. The van der Waals surface area contributed by atoms with Crippen LogP contribution >= 0.6 is 0 Å². The molecule has 0 aliphatic carbocycles. The molecule has 3 rings (SSSR count). The molecule has 0 bridgehead atoms. The smallest absolute Gasteiger partial charge is 0.273 e. The average Bonchev–Trinajstić information content (AvgIpc) is 3.10. The highest BCUT2D eigenvalue weighted by Gasteiger charge is 2.14. The number of nitrogens with zero attached hydrogens (tertiary/aromatic N) is 3. The Morgan fingerprint density at radius 1 is 1.16 bits per heavy atom. The van der Waals surface area contributed by atoms with E-state index in [1.54, 1.807) is 6.07 Å². The van der Waals surface area contributed by atoms with Crippen LogP contribution in [0.4, 0.5) is 8.78 Å². The van der Waals surface area contributed by atoms with Crippen LogP contribution in [-0.2, 0) is 0 Å². The molecule has 128 valence electrons. The van der Waals surface area contributed by atoms with Gasteiger partial charge in [-0.1, -0.05) is 12.1 Å². The number of nitrogens with one attached hydrogen (secondary N) is 1. The second kappa shape index (κ2) is 7.18. The van der Waals surface area contributed by atoms with Crippen molar-refractivity contribution in [1.29, 1.82) is 0 Å². The quantitative estimate of drug-likeness (QED) is 0.742. The summed E-state index contributed by atoms with van der Waals surface area (Å²) in [5.41, 5.74) is 0.895. The van der Waals surface area contributed by atoms with Gasteiger partial charge >= 0.3 is 0 Å². The van der Waals surface area contributed by atoms with E-state index in [1.165, 1.54) is 53.5 Å². The van der Waals surface area contributed by atoms with Crippen LogP contribution in [0.3, 0.4) is 0 Å². The molecular formula is C17H14F2N4O2. The largest absolute Gasteiger partial charge is 0.387 e. The third-order valence-electron chi connectivity index (χ3n) is 3.47. The summed E-state index contributed by atoms with van der Waals surface area (Å²) in [6, 6.07) is 11.0. The van der Waals surface area contributed by atoms with Gasteiger partial charge in [0.05, 0.1) is 18.0 Å². The summed E-state index contributed by atoms with van der Waals surface area (Å²) in [7, 11) is 0. The number of benzene rings is 2. The predicted molar refractivity (Wildman–Crippen MR) is 85.0 cm³/mol. The van der Waals surface area contributed by atoms with Crippen molar-refractivity contribution in [2.24, 2.45) is 0 Å². The zero-order valence-electron chi connectivity index (χ0n) is 12.9. The second-order valence-electron chi connectivity index (χ2n) is 5.28. The van der Waals surface area contributed by atoms with E-state index in [0.29, 0.717) is 11.3 Å². The molecule has 6 nitrogen and oxygen atoms in total. The molecule has 1 unspecified atom stereocenters. The van der Waals surface area contributed by atoms with Crippen molar-refractivity contribution in [1.82, 2.24) is 20.3 Å². The van der Waals surface area contributed by atoms with Crippen LogP contribution in [0.25, 0.3) is 5.69 Å². The molecule has 0 aliphatic rings. The van der Waals surface area contributed by atoms with E-state index in [1.807, 2.05) is 0 Å². The van der Waals surface area contributed by atoms with E-state index >= 15 is 0 Å². The summed E-state index contributed by atoms with van der Waals surface area (Å²) in [4.78, 5) is 13.3. The minimum atomic E-state index is -1.05. The lowest BCUT2D eigenvalue weighted by molar-refractivity contribution is 0.0911. The van der Waals surface area contributed by atoms with E-state index in [-0.39, 0.29) is 18.1 Å². The first kappa shape index (κ1) is 16.7. The molecule has 0 saturated heterocycles. The van der Waals surface area contributed by atoms with Gasteiger partial charge in [0.25, 0.3) is 5.91 Å². The normalized spacial score (nSPS) is 12.0. The van der Waals surface area contributed by atoms with Crippen molar-refractivity contribution in [3.63, 3.8) is 0 Å².